The maximum Gasteiger partial charge on any atom is 0.285 e. The zero-order valence-corrected chi connectivity index (χ0v) is 17.0. The monoisotopic (exact) mass is 418 g/mol. The van der Waals surface area contributed by atoms with Crippen LogP contribution in [0.15, 0.2) is 76.8 Å². The molecule has 0 amide bonds. The van der Waals surface area contributed by atoms with Gasteiger partial charge in [-0.25, -0.2) is 5.10 Å². The summed E-state index contributed by atoms with van der Waals surface area (Å²) in [6, 6.07) is 20.1. The number of aryl methyl sites for hydroxylation is 1. The molecule has 0 aliphatic carbocycles. The van der Waals surface area contributed by atoms with Crippen molar-refractivity contribution in [3.05, 3.63) is 98.9 Å². The van der Waals surface area contributed by atoms with Gasteiger partial charge in [0.15, 0.2) is 0 Å². The predicted molar refractivity (Wildman–Crippen MR) is 121 cm³/mol. The summed E-state index contributed by atoms with van der Waals surface area (Å²) in [5, 5.41) is 12.3. The first-order valence-electron chi connectivity index (χ1n) is 9.35. The number of rotatable bonds is 6. The lowest BCUT2D eigenvalue weighted by molar-refractivity contribution is 0.305. The molecule has 0 radical (unpaired) electrons. The number of nitrogens with one attached hydrogen (secondary N) is 2. The number of hydrazone groups is 1. The molecule has 0 fully saturated rings. The Kier molecular flexibility index (Phi) is 5.77. The number of aromatic nitrogens is 2. The Balaban J connectivity index is 1.66. The number of hydrogen-bond donors (Lipinski definition) is 2. The van der Waals surface area contributed by atoms with Crippen LogP contribution in [0, 0.1) is 6.92 Å². The zero-order chi connectivity index (χ0) is 20.9. The zero-order valence-electron chi connectivity index (χ0n) is 16.2. The summed E-state index contributed by atoms with van der Waals surface area (Å²) in [7, 11) is 0. The van der Waals surface area contributed by atoms with E-state index in [2.05, 4.69) is 33.7 Å². The van der Waals surface area contributed by atoms with Crippen molar-refractivity contribution in [1.82, 2.24) is 10.2 Å². The fraction of sp³-hybridized carbons (Fsp3) is 0.0870. The minimum absolute atomic E-state index is 0.00361. The Morgan fingerprint density at radius 3 is 2.80 bits per heavy atom. The van der Waals surface area contributed by atoms with Crippen LogP contribution in [0.2, 0.25) is 5.02 Å². The van der Waals surface area contributed by atoms with Gasteiger partial charge >= 0.3 is 0 Å². The molecule has 0 saturated heterocycles. The minimum Gasteiger partial charge on any atom is -0.488 e. The van der Waals surface area contributed by atoms with E-state index in [9.17, 15) is 4.79 Å². The van der Waals surface area contributed by atoms with E-state index < -0.39 is 5.56 Å². The van der Waals surface area contributed by atoms with Crippen molar-refractivity contribution < 1.29 is 4.74 Å². The van der Waals surface area contributed by atoms with Crippen molar-refractivity contribution in [2.24, 2.45) is 5.10 Å². The van der Waals surface area contributed by atoms with E-state index in [0.717, 1.165) is 21.9 Å². The van der Waals surface area contributed by atoms with Gasteiger partial charge in [0.1, 0.15) is 23.1 Å². The molecule has 0 aliphatic heterocycles. The second-order valence-corrected chi connectivity index (χ2v) is 7.09. The number of nitrogens with zero attached hydrogens (tertiary/aromatic N) is 2. The smallest absolute Gasteiger partial charge is 0.285 e. The van der Waals surface area contributed by atoms with Crippen LogP contribution in [0.5, 0.6) is 5.75 Å². The molecular weight excluding hydrogens is 400 g/mol. The predicted octanol–water partition coefficient (Wildman–Crippen LogP) is 4.91. The molecule has 1 aromatic heterocycles. The highest BCUT2D eigenvalue weighted by atomic mass is 35.5. The third-order valence-electron chi connectivity index (χ3n) is 4.75. The van der Waals surface area contributed by atoms with Crippen LogP contribution in [-0.4, -0.2) is 16.4 Å². The number of anilines is 1. The van der Waals surface area contributed by atoms with E-state index in [1.807, 2.05) is 54.6 Å². The van der Waals surface area contributed by atoms with E-state index in [-0.39, 0.29) is 5.02 Å². The van der Waals surface area contributed by atoms with E-state index in [1.54, 1.807) is 6.21 Å². The molecule has 30 heavy (non-hydrogen) atoms. The van der Waals surface area contributed by atoms with Gasteiger partial charge in [0.25, 0.3) is 5.56 Å². The van der Waals surface area contributed by atoms with Crippen molar-refractivity contribution in [3.8, 4) is 5.75 Å². The Bertz CT molecular complexity index is 1280. The first-order valence-corrected chi connectivity index (χ1v) is 9.72. The van der Waals surface area contributed by atoms with Crippen molar-refractivity contribution >= 4 is 34.3 Å². The quantitative estimate of drug-likeness (QED) is 0.344. The van der Waals surface area contributed by atoms with Crippen LogP contribution in [0.3, 0.4) is 0 Å². The Morgan fingerprint density at radius 2 is 1.93 bits per heavy atom. The second kappa shape index (κ2) is 8.80. The Morgan fingerprint density at radius 1 is 1.13 bits per heavy atom. The highest BCUT2D eigenvalue weighted by Crippen LogP contribution is 2.28. The fourth-order valence-corrected chi connectivity index (χ4v) is 3.22. The van der Waals surface area contributed by atoms with Crippen molar-refractivity contribution in [2.75, 3.05) is 5.43 Å². The highest BCUT2D eigenvalue weighted by Gasteiger charge is 2.09. The molecule has 0 bridgehead atoms. The van der Waals surface area contributed by atoms with E-state index in [4.69, 9.17) is 16.3 Å². The summed E-state index contributed by atoms with van der Waals surface area (Å²) >= 11 is 5.99. The van der Waals surface area contributed by atoms with Crippen LogP contribution < -0.4 is 15.7 Å². The average molecular weight is 419 g/mol. The summed E-state index contributed by atoms with van der Waals surface area (Å²) in [5.74, 6) is 0.706. The molecular formula is C23H19ClN4O2. The summed E-state index contributed by atoms with van der Waals surface area (Å²) in [6.07, 6.45) is 3.06. The molecule has 2 N–H and O–H groups in total. The van der Waals surface area contributed by atoms with Gasteiger partial charge in [0, 0.05) is 5.56 Å². The molecule has 4 rings (SSSR count). The van der Waals surface area contributed by atoms with E-state index >= 15 is 0 Å². The molecule has 0 unspecified atom stereocenters. The Hall–Kier alpha value is -3.64. The molecule has 4 aromatic rings. The molecule has 0 atom stereocenters. The molecule has 0 saturated carbocycles. The largest absolute Gasteiger partial charge is 0.488 e. The van der Waals surface area contributed by atoms with Crippen molar-refractivity contribution in [2.45, 2.75) is 13.5 Å². The molecule has 7 heteroatoms. The maximum atomic E-state index is 11.6. The molecule has 3 aromatic carbocycles. The molecule has 0 aliphatic rings. The number of H-pyrrole nitrogens is 1. The van der Waals surface area contributed by atoms with Gasteiger partial charge in [-0.05, 0) is 34.9 Å². The van der Waals surface area contributed by atoms with Gasteiger partial charge in [0.2, 0.25) is 0 Å². The van der Waals surface area contributed by atoms with Crippen molar-refractivity contribution in [1.29, 1.82) is 0 Å². The fourth-order valence-electron chi connectivity index (χ4n) is 3.09. The average Bonchev–Trinajstić information content (AvgIpc) is 2.76. The lowest BCUT2D eigenvalue weighted by Crippen LogP contribution is -2.10. The molecule has 1 heterocycles. The van der Waals surface area contributed by atoms with Gasteiger partial charge in [-0.1, -0.05) is 66.2 Å². The first kappa shape index (κ1) is 19.7. The van der Waals surface area contributed by atoms with E-state index in [0.29, 0.717) is 18.0 Å². The SMILES string of the molecule is Cc1ccccc1COc1ccc2ccccc2c1/C=N/Nc1cn[nH]c(=O)c1Cl. The molecule has 150 valence electrons. The van der Waals surface area contributed by atoms with Crippen LogP contribution in [-0.2, 0) is 6.61 Å². The van der Waals surface area contributed by atoms with Crippen LogP contribution in [0.4, 0.5) is 5.69 Å². The summed E-state index contributed by atoms with van der Waals surface area (Å²) in [4.78, 5) is 11.6. The van der Waals surface area contributed by atoms with Gasteiger partial charge in [-0.3, -0.25) is 10.2 Å². The number of aromatic amines is 1. The van der Waals surface area contributed by atoms with Gasteiger partial charge < -0.3 is 4.74 Å². The highest BCUT2D eigenvalue weighted by molar-refractivity contribution is 6.32. The molecule has 0 spiro atoms. The van der Waals surface area contributed by atoms with Crippen LogP contribution in [0.1, 0.15) is 16.7 Å². The summed E-state index contributed by atoms with van der Waals surface area (Å²) < 4.78 is 6.15. The van der Waals surface area contributed by atoms with Gasteiger partial charge in [-0.2, -0.15) is 10.2 Å². The number of halogens is 1. The number of ether oxygens (including phenoxy) is 1. The second-order valence-electron chi connectivity index (χ2n) is 6.71. The standard InChI is InChI=1S/C23H19ClN4O2/c1-15-6-2-3-8-17(15)14-30-21-11-10-16-7-4-5-9-18(16)19(21)12-25-27-20-13-26-28-23(29)22(20)24/h2-13H,14H2,1H3,(H2,27,28,29)/b25-12+. The summed E-state index contributed by atoms with van der Waals surface area (Å²) in [6.45, 7) is 2.51. The van der Waals surface area contributed by atoms with Crippen molar-refractivity contribution in [3.63, 3.8) is 0 Å². The first-order chi connectivity index (χ1) is 14.6. The van der Waals surface area contributed by atoms with Crippen LogP contribution in [0.25, 0.3) is 10.8 Å². The Labute approximate surface area is 178 Å². The summed E-state index contributed by atoms with van der Waals surface area (Å²) in [5.41, 5.74) is 5.73. The minimum atomic E-state index is -0.482. The van der Waals surface area contributed by atoms with Crippen LogP contribution >= 0.6 is 11.6 Å². The lowest BCUT2D eigenvalue weighted by Gasteiger charge is -2.13. The van der Waals surface area contributed by atoms with Gasteiger partial charge in [0.05, 0.1) is 12.4 Å². The maximum absolute atomic E-state index is 11.6. The molecule has 6 nitrogen and oxygen atoms in total. The normalized spacial score (nSPS) is 11.1. The third kappa shape index (κ3) is 4.18. The van der Waals surface area contributed by atoms with E-state index in [1.165, 1.54) is 11.8 Å². The third-order valence-corrected chi connectivity index (χ3v) is 5.12. The number of hydrogen-bond acceptors (Lipinski definition) is 5. The number of benzene rings is 3. The van der Waals surface area contributed by atoms with Gasteiger partial charge in [-0.15, -0.1) is 0 Å². The number of fused-ring (bicyclic) bond motifs is 1. The lowest BCUT2D eigenvalue weighted by atomic mass is 10.0. The topological polar surface area (TPSA) is 79.4 Å².